The minimum absolute atomic E-state index is 0.313. The fourth-order valence-corrected chi connectivity index (χ4v) is 3.33. The zero-order chi connectivity index (χ0) is 22.2. The average Bonchev–Trinajstić information content (AvgIpc) is 2.76. The molecular weight excluding hydrogens is 384 g/mol. The molecule has 0 aromatic heterocycles. The van der Waals surface area contributed by atoms with Crippen LogP contribution in [0.2, 0.25) is 0 Å². The van der Waals surface area contributed by atoms with Crippen LogP contribution in [0.1, 0.15) is 0 Å². The van der Waals surface area contributed by atoms with E-state index < -0.39 is 36.6 Å². The first kappa shape index (κ1) is 26.2. The van der Waals surface area contributed by atoms with Crippen molar-refractivity contribution in [2.24, 2.45) is 0 Å². The summed E-state index contributed by atoms with van der Waals surface area (Å²) in [4.78, 5) is 0. The largest absolute Gasteiger partial charge is 0.369 e. The normalized spacial score (nSPS) is 28.4. The molecule has 6 heteroatoms. The molecule has 1 rings (SSSR count). The number of hydrogen-bond donors (Lipinski definition) is 0. The van der Waals surface area contributed by atoms with Crippen molar-refractivity contribution < 1.29 is 28.4 Å². The first-order chi connectivity index (χ1) is 14.7. The number of hydrogen-bond acceptors (Lipinski definition) is 6. The van der Waals surface area contributed by atoms with Gasteiger partial charge in [-0.15, -0.1) is 39.5 Å². The van der Waals surface area contributed by atoms with Gasteiger partial charge in [0.1, 0.15) is 36.6 Å². The van der Waals surface area contributed by atoms with Crippen LogP contribution < -0.4 is 0 Å². The van der Waals surface area contributed by atoms with Gasteiger partial charge in [0, 0.05) is 0 Å². The highest BCUT2D eigenvalue weighted by Crippen LogP contribution is 2.34. The molecule has 0 radical (unpaired) electrons. The minimum Gasteiger partial charge on any atom is -0.369 e. The van der Waals surface area contributed by atoms with Gasteiger partial charge in [0.2, 0.25) is 0 Å². The van der Waals surface area contributed by atoms with Crippen molar-refractivity contribution in [1.29, 1.82) is 0 Å². The van der Waals surface area contributed by atoms with E-state index in [4.69, 9.17) is 28.4 Å². The molecule has 0 spiro atoms. The molecule has 1 fully saturated rings. The van der Waals surface area contributed by atoms with E-state index in [2.05, 4.69) is 39.5 Å². The number of ether oxygens (including phenoxy) is 6. The summed E-state index contributed by atoms with van der Waals surface area (Å²) in [6.45, 7) is 24.4. The van der Waals surface area contributed by atoms with Crippen molar-refractivity contribution in [2.45, 2.75) is 36.6 Å². The van der Waals surface area contributed by atoms with Crippen LogP contribution in [0.5, 0.6) is 0 Å². The van der Waals surface area contributed by atoms with Crippen LogP contribution in [-0.2, 0) is 28.4 Å². The lowest BCUT2D eigenvalue weighted by Crippen LogP contribution is -2.67. The first-order valence-corrected chi connectivity index (χ1v) is 10.0. The maximum absolute atomic E-state index is 6.10. The maximum atomic E-state index is 6.10. The van der Waals surface area contributed by atoms with Crippen LogP contribution in [0.4, 0.5) is 0 Å². The summed E-state index contributed by atoms with van der Waals surface area (Å²) < 4.78 is 36.6. The van der Waals surface area contributed by atoms with Crippen LogP contribution in [0.3, 0.4) is 0 Å². The highest BCUT2D eigenvalue weighted by Gasteiger charge is 2.54. The Labute approximate surface area is 181 Å². The van der Waals surface area contributed by atoms with Crippen LogP contribution in [0, 0.1) is 0 Å². The molecule has 1 aliphatic carbocycles. The third-order valence-corrected chi connectivity index (χ3v) is 4.38. The smallest absolute Gasteiger partial charge is 0.115 e. The molecule has 6 nitrogen and oxygen atoms in total. The molecule has 1 saturated carbocycles. The van der Waals surface area contributed by atoms with Gasteiger partial charge in [-0.1, -0.05) is 36.5 Å². The highest BCUT2D eigenvalue weighted by atomic mass is 16.6. The van der Waals surface area contributed by atoms with Crippen LogP contribution in [0.25, 0.3) is 0 Å². The molecule has 0 aromatic carbocycles. The van der Waals surface area contributed by atoms with Gasteiger partial charge in [-0.05, 0) is 0 Å². The van der Waals surface area contributed by atoms with Crippen molar-refractivity contribution in [3.8, 4) is 0 Å². The third kappa shape index (κ3) is 7.80. The van der Waals surface area contributed by atoms with E-state index in [0.29, 0.717) is 39.6 Å². The van der Waals surface area contributed by atoms with Crippen molar-refractivity contribution in [3.63, 3.8) is 0 Å². The van der Waals surface area contributed by atoms with E-state index in [1.54, 1.807) is 36.5 Å². The second-order valence-electron chi connectivity index (χ2n) is 6.52. The summed E-state index contributed by atoms with van der Waals surface area (Å²) in [5.41, 5.74) is 0. The van der Waals surface area contributed by atoms with Gasteiger partial charge in [-0.25, -0.2) is 0 Å². The van der Waals surface area contributed by atoms with Crippen molar-refractivity contribution in [2.75, 3.05) is 39.6 Å². The molecule has 0 amide bonds. The zero-order valence-corrected chi connectivity index (χ0v) is 17.9. The van der Waals surface area contributed by atoms with E-state index in [9.17, 15) is 0 Å². The fraction of sp³-hybridized carbons (Fsp3) is 0.500. The average molecular weight is 421 g/mol. The van der Waals surface area contributed by atoms with Gasteiger partial charge in [0.05, 0.1) is 39.6 Å². The van der Waals surface area contributed by atoms with Gasteiger partial charge in [-0.2, -0.15) is 0 Å². The summed E-state index contributed by atoms with van der Waals surface area (Å²) in [5, 5.41) is 0. The number of rotatable bonds is 18. The van der Waals surface area contributed by atoms with Gasteiger partial charge < -0.3 is 28.4 Å². The molecule has 168 valence electrons. The molecule has 0 N–H and O–H groups in total. The first-order valence-electron chi connectivity index (χ1n) is 10.0. The Morgan fingerprint density at radius 1 is 0.333 bits per heavy atom. The summed E-state index contributed by atoms with van der Waals surface area (Å²) in [7, 11) is 0. The lowest BCUT2D eigenvalue weighted by atomic mass is 9.83. The lowest BCUT2D eigenvalue weighted by molar-refractivity contribution is -0.272. The quantitative estimate of drug-likeness (QED) is 0.317. The van der Waals surface area contributed by atoms with Crippen LogP contribution >= 0.6 is 0 Å². The van der Waals surface area contributed by atoms with Gasteiger partial charge >= 0.3 is 0 Å². The van der Waals surface area contributed by atoms with Crippen LogP contribution in [-0.4, -0.2) is 76.3 Å². The standard InChI is InChI=1S/C24H36O6/c1-7-13-25-19-20(26-14-8-2)22(28-16-10-4)24(30-18-12-6)23(29-17-11-5)21(19)27-15-9-3/h7-12,19-24H,1-6,13-18H2. The molecule has 0 atom stereocenters. The van der Waals surface area contributed by atoms with E-state index in [1.165, 1.54) is 0 Å². The monoisotopic (exact) mass is 420 g/mol. The minimum atomic E-state index is -0.504. The Balaban J connectivity index is 3.41. The second-order valence-corrected chi connectivity index (χ2v) is 6.52. The summed E-state index contributed by atoms with van der Waals surface area (Å²) >= 11 is 0. The van der Waals surface area contributed by atoms with E-state index in [0.717, 1.165) is 0 Å². The summed E-state index contributed by atoms with van der Waals surface area (Å²) in [5.74, 6) is 0. The predicted molar refractivity (Wildman–Crippen MR) is 120 cm³/mol. The highest BCUT2D eigenvalue weighted by molar-refractivity contribution is 5.05. The second kappa shape index (κ2) is 16.0. The molecule has 0 aromatic rings. The predicted octanol–water partition coefficient (Wildman–Crippen LogP) is 3.43. The maximum Gasteiger partial charge on any atom is 0.115 e. The Morgan fingerprint density at radius 2 is 0.467 bits per heavy atom. The van der Waals surface area contributed by atoms with E-state index in [1.807, 2.05) is 0 Å². The molecule has 0 saturated heterocycles. The van der Waals surface area contributed by atoms with Crippen LogP contribution in [0.15, 0.2) is 75.9 Å². The molecule has 0 aliphatic heterocycles. The van der Waals surface area contributed by atoms with Gasteiger partial charge in [0.15, 0.2) is 0 Å². The molecule has 0 heterocycles. The lowest BCUT2D eigenvalue weighted by Gasteiger charge is -2.49. The van der Waals surface area contributed by atoms with Gasteiger partial charge in [0.25, 0.3) is 0 Å². The fourth-order valence-electron chi connectivity index (χ4n) is 3.33. The van der Waals surface area contributed by atoms with Gasteiger partial charge in [-0.3, -0.25) is 0 Å². The molecule has 30 heavy (non-hydrogen) atoms. The van der Waals surface area contributed by atoms with E-state index >= 15 is 0 Å². The molecule has 1 aliphatic rings. The molecular formula is C24H36O6. The SMILES string of the molecule is C=CCOC1C(OCC=C)C(OCC=C)C(OCC=C)C(OCC=C)C1OCC=C. The Morgan fingerprint density at radius 3 is 0.567 bits per heavy atom. The Bertz CT molecular complexity index is 410. The van der Waals surface area contributed by atoms with E-state index in [-0.39, 0.29) is 0 Å². The zero-order valence-electron chi connectivity index (χ0n) is 17.9. The summed E-state index contributed by atoms with van der Waals surface area (Å²) in [6.07, 6.45) is 7.03. The Hall–Kier alpha value is -1.80. The van der Waals surface area contributed by atoms with Crippen molar-refractivity contribution >= 4 is 0 Å². The molecule has 0 unspecified atom stereocenters. The third-order valence-electron chi connectivity index (χ3n) is 4.38. The topological polar surface area (TPSA) is 55.4 Å². The Kier molecular flexibility index (Phi) is 14.0. The van der Waals surface area contributed by atoms with Crippen molar-refractivity contribution in [1.82, 2.24) is 0 Å². The summed E-state index contributed by atoms with van der Waals surface area (Å²) in [6, 6.07) is 0. The van der Waals surface area contributed by atoms with Crippen molar-refractivity contribution in [3.05, 3.63) is 75.9 Å². The molecule has 0 bridgehead atoms.